The summed E-state index contributed by atoms with van der Waals surface area (Å²) in [4.78, 5) is 23.4. The van der Waals surface area contributed by atoms with E-state index in [0.29, 0.717) is 18.8 Å². The molecule has 3 aromatic rings. The molecular weight excluding hydrogens is 392 g/mol. The third-order valence-corrected chi connectivity index (χ3v) is 5.50. The second kappa shape index (κ2) is 9.47. The molecular formula is C24H26N4O3. The Hall–Kier alpha value is -3.61. The van der Waals surface area contributed by atoms with Crippen molar-refractivity contribution >= 4 is 11.9 Å². The van der Waals surface area contributed by atoms with E-state index in [1.807, 2.05) is 59.5 Å². The molecule has 1 atom stereocenters. The minimum absolute atomic E-state index is 0.0218. The van der Waals surface area contributed by atoms with Crippen LogP contribution in [0.5, 0.6) is 11.5 Å². The van der Waals surface area contributed by atoms with Crippen molar-refractivity contribution in [1.82, 2.24) is 14.9 Å². The maximum absolute atomic E-state index is 12.8. The van der Waals surface area contributed by atoms with E-state index in [4.69, 9.17) is 15.2 Å². The van der Waals surface area contributed by atoms with Crippen LogP contribution >= 0.6 is 0 Å². The van der Waals surface area contributed by atoms with Gasteiger partial charge in [0.25, 0.3) is 5.91 Å². The summed E-state index contributed by atoms with van der Waals surface area (Å²) in [6, 6.07) is 17.2. The van der Waals surface area contributed by atoms with Crippen LogP contribution in [0.1, 0.15) is 24.5 Å². The number of hydrogen-bond donors (Lipinski definition) is 1. The third-order valence-electron chi connectivity index (χ3n) is 5.50. The van der Waals surface area contributed by atoms with Crippen molar-refractivity contribution in [3.63, 3.8) is 0 Å². The number of piperidine rings is 1. The normalized spacial score (nSPS) is 16.0. The molecule has 0 saturated carbocycles. The van der Waals surface area contributed by atoms with Crippen molar-refractivity contribution in [3.05, 3.63) is 66.5 Å². The fourth-order valence-corrected chi connectivity index (χ4v) is 3.89. The maximum Gasteiger partial charge on any atom is 0.260 e. The summed E-state index contributed by atoms with van der Waals surface area (Å²) in [6.45, 7) is 1.32. The Morgan fingerprint density at radius 2 is 1.90 bits per heavy atom. The molecule has 0 aliphatic carbocycles. The van der Waals surface area contributed by atoms with Crippen LogP contribution in [0, 0.1) is 0 Å². The number of ether oxygens (including phenoxy) is 2. The quantitative estimate of drug-likeness (QED) is 0.659. The lowest BCUT2D eigenvalue weighted by atomic mass is 9.90. The zero-order valence-corrected chi connectivity index (χ0v) is 17.5. The molecule has 31 heavy (non-hydrogen) atoms. The van der Waals surface area contributed by atoms with Gasteiger partial charge in [-0.2, -0.15) is 0 Å². The molecule has 1 aliphatic rings. The molecule has 1 saturated heterocycles. The molecule has 1 amide bonds. The van der Waals surface area contributed by atoms with E-state index in [-0.39, 0.29) is 24.4 Å². The molecule has 1 aliphatic heterocycles. The van der Waals surface area contributed by atoms with Gasteiger partial charge < -0.3 is 20.1 Å². The minimum Gasteiger partial charge on any atom is -0.497 e. The number of likely N-dealkylation sites (tertiary alicyclic amines) is 1. The first-order valence-electron chi connectivity index (χ1n) is 10.4. The van der Waals surface area contributed by atoms with Crippen LogP contribution in [-0.4, -0.2) is 47.6 Å². The van der Waals surface area contributed by atoms with Crippen molar-refractivity contribution in [2.45, 2.75) is 18.8 Å². The lowest BCUT2D eigenvalue weighted by Crippen LogP contribution is -2.41. The van der Waals surface area contributed by atoms with Crippen LogP contribution in [0.15, 0.2) is 60.8 Å². The molecule has 4 rings (SSSR count). The molecule has 2 aromatic carbocycles. The van der Waals surface area contributed by atoms with Crippen molar-refractivity contribution in [2.24, 2.45) is 0 Å². The van der Waals surface area contributed by atoms with E-state index in [1.54, 1.807) is 13.3 Å². The number of hydrogen-bond acceptors (Lipinski definition) is 6. The first kappa shape index (κ1) is 20.7. The predicted molar refractivity (Wildman–Crippen MR) is 119 cm³/mol. The van der Waals surface area contributed by atoms with E-state index >= 15 is 0 Å². The van der Waals surface area contributed by atoms with Gasteiger partial charge in [-0.25, -0.2) is 9.97 Å². The van der Waals surface area contributed by atoms with E-state index in [0.717, 1.165) is 35.4 Å². The van der Waals surface area contributed by atoms with Gasteiger partial charge in [0.2, 0.25) is 5.95 Å². The number of aromatic nitrogens is 2. The summed E-state index contributed by atoms with van der Waals surface area (Å²) in [5.41, 5.74) is 8.72. The van der Waals surface area contributed by atoms with Gasteiger partial charge in [0.15, 0.2) is 6.61 Å². The number of para-hydroxylation sites is 1. The van der Waals surface area contributed by atoms with E-state index in [1.165, 1.54) is 0 Å². The summed E-state index contributed by atoms with van der Waals surface area (Å²) in [7, 11) is 1.64. The number of carbonyl (C=O) groups excluding carboxylic acids is 1. The number of rotatable bonds is 6. The number of amides is 1. The number of nitrogen functional groups attached to an aromatic ring is 1. The Bertz CT molecular complexity index is 1020. The molecule has 7 nitrogen and oxygen atoms in total. The molecule has 0 unspecified atom stereocenters. The van der Waals surface area contributed by atoms with Gasteiger partial charge in [-0.15, -0.1) is 0 Å². The number of methoxy groups -OCH3 is 1. The van der Waals surface area contributed by atoms with Crippen LogP contribution < -0.4 is 15.2 Å². The topological polar surface area (TPSA) is 90.6 Å². The highest BCUT2D eigenvalue weighted by Crippen LogP contribution is 2.34. The lowest BCUT2D eigenvalue weighted by Gasteiger charge is -2.33. The molecule has 0 spiro atoms. The van der Waals surface area contributed by atoms with Crippen molar-refractivity contribution < 1.29 is 14.3 Å². The smallest absolute Gasteiger partial charge is 0.260 e. The van der Waals surface area contributed by atoms with Gasteiger partial charge in [-0.05, 0) is 42.7 Å². The second-order valence-corrected chi connectivity index (χ2v) is 7.54. The average molecular weight is 418 g/mol. The molecule has 160 valence electrons. The number of nitrogens with zero attached hydrogens (tertiary/aromatic N) is 3. The van der Waals surface area contributed by atoms with Crippen molar-refractivity contribution in [2.75, 3.05) is 32.5 Å². The second-order valence-electron chi connectivity index (χ2n) is 7.54. The van der Waals surface area contributed by atoms with E-state index < -0.39 is 0 Å². The Morgan fingerprint density at radius 1 is 1.13 bits per heavy atom. The standard InChI is InChI=1S/C24H26N4O3/c1-30-19-11-9-17(10-12-19)21-14-26-24(25)27-23(21)18-6-5-13-28(15-18)22(29)16-31-20-7-3-2-4-8-20/h2-4,7-12,14,18H,5-6,13,15-16H2,1H3,(H2,25,26,27)/t18-/m0/s1. The molecule has 1 aromatic heterocycles. The maximum atomic E-state index is 12.8. The van der Waals surface area contributed by atoms with Gasteiger partial charge in [0.05, 0.1) is 12.8 Å². The summed E-state index contributed by atoms with van der Waals surface area (Å²) in [5.74, 6) is 1.77. The highest BCUT2D eigenvalue weighted by atomic mass is 16.5. The Balaban J connectivity index is 1.51. The van der Waals surface area contributed by atoms with E-state index in [2.05, 4.69) is 9.97 Å². The van der Waals surface area contributed by atoms with Gasteiger partial charge in [0.1, 0.15) is 11.5 Å². The van der Waals surface area contributed by atoms with Crippen LogP contribution in [0.25, 0.3) is 11.1 Å². The lowest BCUT2D eigenvalue weighted by molar-refractivity contribution is -0.134. The molecule has 2 heterocycles. The zero-order valence-electron chi connectivity index (χ0n) is 17.5. The minimum atomic E-state index is -0.0263. The van der Waals surface area contributed by atoms with E-state index in [9.17, 15) is 4.79 Å². The fraction of sp³-hybridized carbons (Fsp3) is 0.292. The summed E-state index contributed by atoms with van der Waals surface area (Å²) < 4.78 is 10.9. The molecule has 7 heteroatoms. The van der Waals surface area contributed by atoms with Gasteiger partial charge in [0, 0.05) is 30.8 Å². The summed E-state index contributed by atoms with van der Waals surface area (Å²) in [5, 5.41) is 0. The van der Waals surface area contributed by atoms with Gasteiger partial charge >= 0.3 is 0 Å². The predicted octanol–water partition coefficient (Wildman–Crippen LogP) is 3.52. The molecule has 0 bridgehead atoms. The number of carbonyl (C=O) groups is 1. The Labute approximate surface area is 181 Å². The molecule has 2 N–H and O–H groups in total. The SMILES string of the molecule is COc1ccc(-c2cnc(N)nc2[C@H]2CCCN(C(=O)COc3ccccc3)C2)cc1. The van der Waals surface area contributed by atoms with Crippen LogP contribution in [0.2, 0.25) is 0 Å². The third kappa shape index (κ3) is 4.94. The van der Waals surface area contributed by atoms with Gasteiger partial charge in [-0.1, -0.05) is 30.3 Å². The zero-order chi connectivity index (χ0) is 21.6. The average Bonchev–Trinajstić information content (AvgIpc) is 2.83. The first-order valence-corrected chi connectivity index (χ1v) is 10.4. The Morgan fingerprint density at radius 3 is 2.65 bits per heavy atom. The monoisotopic (exact) mass is 418 g/mol. The van der Waals surface area contributed by atoms with Crippen LogP contribution in [-0.2, 0) is 4.79 Å². The number of anilines is 1. The molecule has 0 radical (unpaired) electrons. The first-order chi connectivity index (χ1) is 15.1. The summed E-state index contributed by atoms with van der Waals surface area (Å²) in [6.07, 6.45) is 3.59. The highest BCUT2D eigenvalue weighted by Gasteiger charge is 2.28. The van der Waals surface area contributed by atoms with Crippen molar-refractivity contribution in [3.8, 4) is 22.6 Å². The largest absolute Gasteiger partial charge is 0.497 e. The molecule has 1 fully saturated rings. The highest BCUT2D eigenvalue weighted by molar-refractivity contribution is 5.78. The number of benzene rings is 2. The van der Waals surface area contributed by atoms with Crippen molar-refractivity contribution in [1.29, 1.82) is 0 Å². The van der Waals surface area contributed by atoms with Crippen LogP contribution in [0.4, 0.5) is 5.95 Å². The Kier molecular flexibility index (Phi) is 6.31. The number of nitrogens with two attached hydrogens (primary N) is 1. The van der Waals surface area contributed by atoms with Gasteiger partial charge in [-0.3, -0.25) is 4.79 Å². The van der Waals surface area contributed by atoms with Crippen LogP contribution in [0.3, 0.4) is 0 Å². The fourth-order valence-electron chi connectivity index (χ4n) is 3.89. The summed E-state index contributed by atoms with van der Waals surface area (Å²) >= 11 is 0.